The topological polar surface area (TPSA) is 129 Å². The lowest BCUT2D eigenvalue weighted by Gasteiger charge is -2.24. The van der Waals surface area contributed by atoms with Gasteiger partial charge in [-0.2, -0.15) is 0 Å². The summed E-state index contributed by atoms with van der Waals surface area (Å²) in [6, 6.07) is 13.6. The molecule has 8 nitrogen and oxygen atoms in total. The third kappa shape index (κ3) is 12.5. The van der Waals surface area contributed by atoms with Crippen LogP contribution in [-0.4, -0.2) is 70.3 Å². The highest BCUT2D eigenvalue weighted by Crippen LogP contribution is 2.27. The van der Waals surface area contributed by atoms with Crippen LogP contribution in [0.1, 0.15) is 62.2 Å². The van der Waals surface area contributed by atoms with E-state index in [-0.39, 0.29) is 39.1 Å². The molecule has 2 rings (SSSR count). The second kappa shape index (κ2) is 15.9. The Bertz CT molecular complexity index is 906. The Morgan fingerprint density at radius 1 is 0.816 bits per heavy atom. The predicted octanol–water partition coefficient (Wildman–Crippen LogP) is 3.72. The Labute approximate surface area is 222 Å². The first-order chi connectivity index (χ1) is 18.0. The number of alkyl halides is 2. The van der Waals surface area contributed by atoms with Crippen molar-refractivity contribution >= 4 is 0 Å². The molecule has 0 heterocycles. The molecule has 0 radical (unpaired) electrons. The minimum absolute atomic E-state index is 0.00558. The summed E-state index contributed by atoms with van der Waals surface area (Å²) in [5.74, 6) is -4.10. The smallest absolute Gasteiger partial charge is 0.271 e. The van der Waals surface area contributed by atoms with E-state index in [1.54, 1.807) is 48.5 Å². The van der Waals surface area contributed by atoms with Crippen LogP contribution in [0.4, 0.5) is 8.78 Å². The van der Waals surface area contributed by atoms with Gasteiger partial charge in [-0.15, -0.1) is 0 Å². The lowest BCUT2D eigenvalue weighted by Crippen LogP contribution is -2.31. The molecule has 0 bridgehead atoms. The summed E-state index contributed by atoms with van der Waals surface area (Å²) in [7, 11) is 1.54. The zero-order valence-electron chi connectivity index (χ0n) is 21.8. The summed E-state index contributed by atoms with van der Waals surface area (Å²) in [6.07, 6.45) is -1.36. The monoisotopic (exact) mass is 542 g/mol. The van der Waals surface area contributed by atoms with Crippen LogP contribution in [0.25, 0.3) is 0 Å². The van der Waals surface area contributed by atoms with Crippen molar-refractivity contribution in [2.45, 2.75) is 75.5 Å². The minimum Gasteiger partial charge on any atom is -0.497 e. The first kappa shape index (κ1) is 31.9. The van der Waals surface area contributed by atoms with Crippen molar-refractivity contribution in [3.05, 3.63) is 59.7 Å². The maximum Gasteiger partial charge on any atom is 0.271 e. The Balaban J connectivity index is 1.57. The Kier molecular flexibility index (Phi) is 13.4. The van der Waals surface area contributed by atoms with Crippen molar-refractivity contribution in [3.63, 3.8) is 0 Å². The standard InChI is InChI=1S/C28H40F2O8/c1-36-24-10-12-25(13-11-24)38-19-23(32)18-37-20-27(29,30)14-4-16-28(34,35)15-3-2-5-26(33)22-8-6-21(17-31)7-9-22/h6-13,23,26,31-35H,2-5,14-20H2,1H3. The quantitative estimate of drug-likeness (QED) is 0.134. The van der Waals surface area contributed by atoms with E-state index in [9.17, 15) is 29.2 Å². The molecule has 0 aliphatic heterocycles. The van der Waals surface area contributed by atoms with Crippen LogP contribution < -0.4 is 9.47 Å². The van der Waals surface area contributed by atoms with E-state index >= 15 is 0 Å². The molecule has 0 saturated carbocycles. The van der Waals surface area contributed by atoms with Crippen LogP contribution in [0.3, 0.4) is 0 Å². The summed E-state index contributed by atoms with van der Waals surface area (Å²) in [6.45, 7) is -1.42. The van der Waals surface area contributed by atoms with Gasteiger partial charge in [-0.1, -0.05) is 30.7 Å². The van der Waals surface area contributed by atoms with Gasteiger partial charge < -0.3 is 39.7 Å². The number of ether oxygens (including phenoxy) is 3. The number of methoxy groups -OCH3 is 1. The number of aliphatic hydroxyl groups excluding tert-OH is 3. The second-order valence-corrected chi connectivity index (χ2v) is 9.51. The number of aliphatic hydroxyl groups is 5. The van der Waals surface area contributed by atoms with Gasteiger partial charge in [0.1, 0.15) is 30.8 Å². The normalized spacial score (nSPS) is 13.8. The summed E-state index contributed by atoms with van der Waals surface area (Å²) in [5, 5.41) is 49.5. The molecule has 0 aromatic heterocycles. The Morgan fingerprint density at radius 3 is 2.08 bits per heavy atom. The molecule has 0 aliphatic rings. The molecule has 2 unspecified atom stereocenters. The first-order valence-electron chi connectivity index (χ1n) is 12.8. The molecule has 2 aromatic carbocycles. The van der Waals surface area contributed by atoms with Gasteiger partial charge in [0.15, 0.2) is 5.79 Å². The highest BCUT2D eigenvalue weighted by Gasteiger charge is 2.31. The summed E-state index contributed by atoms with van der Waals surface area (Å²) in [4.78, 5) is 0. The van der Waals surface area contributed by atoms with Gasteiger partial charge in [0.25, 0.3) is 5.92 Å². The Hall–Kier alpha value is -2.34. The van der Waals surface area contributed by atoms with E-state index in [0.717, 1.165) is 5.56 Å². The summed E-state index contributed by atoms with van der Waals surface area (Å²) < 4.78 is 43.6. The predicted molar refractivity (Wildman–Crippen MR) is 137 cm³/mol. The van der Waals surface area contributed by atoms with Gasteiger partial charge in [0.05, 0.1) is 26.4 Å². The van der Waals surface area contributed by atoms with Gasteiger partial charge >= 0.3 is 0 Å². The molecule has 0 amide bonds. The first-order valence-corrected chi connectivity index (χ1v) is 12.8. The van der Waals surface area contributed by atoms with Gasteiger partial charge in [0, 0.05) is 19.3 Å². The highest BCUT2D eigenvalue weighted by atomic mass is 19.3. The van der Waals surface area contributed by atoms with Crippen molar-refractivity contribution in [2.75, 3.05) is 26.9 Å². The molecule has 38 heavy (non-hydrogen) atoms. The zero-order chi connectivity index (χ0) is 28.0. The van der Waals surface area contributed by atoms with Gasteiger partial charge in [-0.3, -0.25) is 0 Å². The number of unbranched alkanes of at least 4 members (excludes halogenated alkanes) is 1. The van der Waals surface area contributed by atoms with Crippen LogP contribution in [0.5, 0.6) is 11.5 Å². The number of rotatable bonds is 19. The molecule has 0 aliphatic carbocycles. The number of hydrogen-bond donors (Lipinski definition) is 5. The SMILES string of the molecule is COc1ccc(OCC(O)COCC(F)(F)CCCC(O)(O)CCCCC(O)c2ccc(CO)cc2)cc1. The van der Waals surface area contributed by atoms with E-state index in [4.69, 9.17) is 19.3 Å². The fourth-order valence-corrected chi connectivity index (χ4v) is 3.84. The van der Waals surface area contributed by atoms with Crippen molar-refractivity contribution in [1.29, 1.82) is 0 Å². The van der Waals surface area contributed by atoms with Crippen molar-refractivity contribution < 1.29 is 48.5 Å². The average Bonchev–Trinajstić information content (AvgIpc) is 2.89. The van der Waals surface area contributed by atoms with Gasteiger partial charge in [-0.25, -0.2) is 8.78 Å². The van der Waals surface area contributed by atoms with E-state index in [0.29, 0.717) is 36.3 Å². The molecule has 5 N–H and O–H groups in total. The molecule has 2 aromatic rings. The maximum atomic E-state index is 14.1. The third-order valence-corrected chi connectivity index (χ3v) is 6.10. The maximum absolute atomic E-state index is 14.1. The van der Waals surface area contributed by atoms with Gasteiger partial charge in [-0.05, 0) is 54.7 Å². The van der Waals surface area contributed by atoms with Gasteiger partial charge in [0.2, 0.25) is 0 Å². The van der Waals surface area contributed by atoms with E-state index in [2.05, 4.69) is 0 Å². The molecular weight excluding hydrogens is 502 g/mol. The highest BCUT2D eigenvalue weighted by molar-refractivity contribution is 5.31. The van der Waals surface area contributed by atoms with Crippen LogP contribution in [0.2, 0.25) is 0 Å². The van der Waals surface area contributed by atoms with Crippen LogP contribution in [0, 0.1) is 0 Å². The Morgan fingerprint density at radius 2 is 1.45 bits per heavy atom. The molecular formula is C28H40F2O8. The van der Waals surface area contributed by atoms with Crippen molar-refractivity contribution in [1.82, 2.24) is 0 Å². The van der Waals surface area contributed by atoms with E-state index in [1.807, 2.05) is 0 Å². The number of benzene rings is 2. The number of hydrogen-bond acceptors (Lipinski definition) is 8. The van der Waals surface area contributed by atoms with Crippen molar-refractivity contribution in [2.24, 2.45) is 0 Å². The largest absolute Gasteiger partial charge is 0.497 e. The molecule has 0 saturated heterocycles. The molecule has 0 spiro atoms. The lowest BCUT2D eigenvalue weighted by molar-refractivity contribution is -0.175. The third-order valence-electron chi connectivity index (χ3n) is 6.10. The van der Waals surface area contributed by atoms with Crippen LogP contribution in [0.15, 0.2) is 48.5 Å². The summed E-state index contributed by atoms with van der Waals surface area (Å²) in [5.41, 5.74) is 1.46. The fourth-order valence-electron chi connectivity index (χ4n) is 3.84. The summed E-state index contributed by atoms with van der Waals surface area (Å²) >= 11 is 0. The van der Waals surface area contributed by atoms with Crippen molar-refractivity contribution in [3.8, 4) is 11.5 Å². The second-order valence-electron chi connectivity index (χ2n) is 9.51. The van der Waals surface area contributed by atoms with E-state index in [1.165, 1.54) is 7.11 Å². The minimum atomic E-state index is -3.18. The average molecular weight is 543 g/mol. The van der Waals surface area contributed by atoms with Crippen LogP contribution >= 0.6 is 0 Å². The molecule has 214 valence electrons. The van der Waals surface area contributed by atoms with E-state index < -0.39 is 36.9 Å². The molecule has 10 heteroatoms. The lowest BCUT2D eigenvalue weighted by atomic mass is 9.97. The van der Waals surface area contributed by atoms with Crippen LogP contribution in [-0.2, 0) is 11.3 Å². The molecule has 2 atom stereocenters. The number of halogens is 2. The molecule has 0 fully saturated rings. The fraction of sp³-hybridized carbons (Fsp3) is 0.571. The zero-order valence-corrected chi connectivity index (χ0v) is 21.8.